The molecule has 1 aliphatic rings. The van der Waals surface area contributed by atoms with Crippen molar-refractivity contribution in [2.45, 2.75) is 32.1 Å². The van der Waals surface area contributed by atoms with Crippen molar-refractivity contribution in [3.63, 3.8) is 0 Å². The number of ether oxygens (including phenoxy) is 1. The number of H-pyrrole nitrogens is 1. The van der Waals surface area contributed by atoms with Crippen LogP contribution in [0.5, 0.6) is 0 Å². The smallest absolute Gasteiger partial charge is 0.123 e. The van der Waals surface area contributed by atoms with Crippen LogP contribution in [0, 0.1) is 0 Å². The molecule has 0 unspecified atom stereocenters. The predicted octanol–water partition coefficient (Wildman–Crippen LogP) is 3.06. The Morgan fingerprint density at radius 3 is 2.74 bits per heavy atom. The van der Waals surface area contributed by atoms with Crippen molar-refractivity contribution in [2.75, 3.05) is 31.1 Å². The largest absolute Gasteiger partial charge is 0.392 e. The molecule has 1 fully saturated rings. The second-order valence-electron chi connectivity index (χ2n) is 8.57. The Balaban J connectivity index is 1.03. The minimum absolute atomic E-state index is 0.00394. The summed E-state index contributed by atoms with van der Waals surface area (Å²) in [6, 6.07) is 9.89. The Morgan fingerprint density at radius 2 is 1.91 bits per heavy atom. The van der Waals surface area contributed by atoms with Crippen LogP contribution in [0.1, 0.15) is 24.0 Å². The number of unbranched alkanes of at least 4 members (excludes halogenated alkanes) is 1. The molecule has 0 bridgehead atoms. The lowest BCUT2D eigenvalue weighted by atomic mass is 10.1. The number of halogens is 1. The Bertz CT molecular complexity index is 1220. The van der Waals surface area contributed by atoms with Crippen LogP contribution in [0.2, 0.25) is 5.02 Å². The molecule has 0 spiro atoms. The lowest BCUT2D eigenvalue weighted by Gasteiger charge is -2.41. The summed E-state index contributed by atoms with van der Waals surface area (Å²) in [4.78, 5) is 2.32. The van der Waals surface area contributed by atoms with Crippen LogP contribution in [0.4, 0.5) is 5.69 Å². The van der Waals surface area contributed by atoms with Crippen LogP contribution in [0.15, 0.2) is 49.2 Å². The molecule has 0 amide bonds. The van der Waals surface area contributed by atoms with E-state index in [0.717, 1.165) is 79.0 Å². The van der Waals surface area contributed by atoms with Crippen molar-refractivity contribution in [1.29, 1.82) is 0 Å². The van der Waals surface area contributed by atoms with Gasteiger partial charge in [0, 0.05) is 36.7 Å². The van der Waals surface area contributed by atoms with Gasteiger partial charge in [0.1, 0.15) is 12.7 Å². The number of fused-ring (bicyclic) bond motifs is 1. The fourth-order valence-corrected chi connectivity index (χ4v) is 4.53. The number of hydrogen-bond acceptors (Lipinski definition) is 7. The topological polar surface area (TPSA) is 104 Å². The van der Waals surface area contributed by atoms with Crippen molar-refractivity contribution in [2.24, 2.45) is 0 Å². The number of rotatable bonds is 11. The zero-order valence-electron chi connectivity index (χ0n) is 18.8. The monoisotopic (exact) mass is 481 g/mol. The van der Waals surface area contributed by atoms with Crippen LogP contribution in [-0.4, -0.2) is 62.4 Å². The summed E-state index contributed by atoms with van der Waals surface area (Å²) in [6.07, 6.45) is 7.56. The predicted molar refractivity (Wildman–Crippen MR) is 131 cm³/mol. The van der Waals surface area contributed by atoms with Crippen LogP contribution in [-0.2, 0) is 17.9 Å². The summed E-state index contributed by atoms with van der Waals surface area (Å²) in [5.41, 5.74) is 5.06. The molecule has 3 N–H and O–H groups in total. The number of benzene rings is 2. The van der Waals surface area contributed by atoms with E-state index in [4.69, 9.17) is 16.3 Å². The molecular weight excluding hydrogens is 454 g/mol. The fraction of sp³-hybridized carbons (Fsp3) is 0.375. The minimum atomic E-state index is 0.00394. The molecule has 10 heteroatoms. The maximum atomic E-state index is 9.29. The van der Waals surface area contributed by atoms with E-state index >= 15 is 0 Å². The first-order valence-electron chi connectivity index (χ1n) is 11.5. The summed E-state index contributed by atoms with van der Waals surface area (Å²) in [5, 5.41) is 29.6. The van der Waals surface area contributed by atoms with E-state index in [1.54, 1.807) is 18.7 Å². The van der Waals surface area contributed by atoms with Gasteiger partial charge >= 0.3 is 0 Å². The van der Waals surface area contributed by atoms with Gasteiger partial charge in [0.2, 0.25) is 0 Å². The van der Waals surface area contributed by atoms with Gasteiger partial charge in [-0.1, -0.05) is 17.7 Å². The highest BCUT2D eigenvalue weighted by molar-refractivity contribution is 6.30. The third-order valence-corrected chi connectivity index (χ3v) is 6.28. The average Bonchev–Trinajstić information content (AvgIpc) is 3.51. The quantitative estimate of drug-likeness (QED) is 0.283. The molecule has 2 aromatic heterocycles. The maximum Gasteiger partial charge on any atom is 0.123 e. The van der Waals surface area contributed by atoms with E-state index in [2.05, 4.69) is 42.7 Å². The van der Waals surface area contributed by atoms with Crippen molar-refractivity contribution in [1.82, 2.24) is 30.3 Å². The summed E-state index contributed by atoms with van der Waals surface area (Å²) in [6.45, 7) is 4.15. The Hall–Kier alpha value is -2.98. The van der Waals surface area contributed by atoms with Crippen molar-refractivity contribution >= 4 is 28.2 Å². The van der Waals surface area contributed by atoms with Gasteiger partial charge in [0.05, 0.1) is 35.8 Å². The Labute approximate surface area is 202 Å². The normalized spacial score (nSPS) is 14.1. The molecule has 0 radical (unpaired) electrons. The first-order chi connectivity index (χ1) is 16.7. The number of nitrogens with zero attached hydrogens (tertiary/aromatic N) is 5. The fourth-order valence-electron chi connectivity index (χ4n) is 4.25. The van der Waals surface area contributed by atoms with E-state index in [-0.39, 0.29) is 12.7 Å². The van der Waals surface area contributed by atoms with Gasteiger partial charge in [-0.25, -0.2) is 0 Å². The molecule has 0 saturated carbocycles. The van der Waals surface area contributed by atoms with E-state index in [0.29, 0.717) is 5.02 Å². The molecule has 5 rings (SSSR count). The van der Waals surface area contributed by atoms with E-state index in [1.807, 2.05) is 22.9 Å². The van der Waals surface area contributed by atoms with Crippen LogP contribution >= 0.6 is 11.6 Å². The van der Waals surface area contributed by atoms with Gasteiger partial charge in [-0.2, -0.15) is 5.10 Å². The number of aromatic nitrogens is 5. The Kier molecular flexibility index (Phi) is 7.05. The summed E-state index contributed by atoms with van der Waals surface area (Å²) < 4.78 is 7.97. The van der Waals surface area contributed by atoms with Gasteiger partial charge in [-0.3, -0.25) is 9.67 Å². The second kappa shape index (κ2) is 10.5. The minimum Gasteiger partial charge on any atom is -0.392 e. The summed E-state index contributed by atoms with van der Waals surface area (Å²) >= 11 is 6.09. The molecule has 1 aliphatic heterocycles. The third-order valence-electron chi connectivity index (χ3n) is 6.06. The number of anilines is 1. The molecule has 0 atom stereocenters. The second-order valence-corrected chi connectivity index (χ2v) is 9.01. The van der Waals surface area contributed by atoms with E-state index < -0.39 is 0 Å². The van der Waals surface area contributed by atoms with Crippen LogP contribution in [0.25, 0.3) is 16.6 Å². The van der Waals surface area contributed by atoms with Gasteiger partial charge < -0.3 is 20.1 Å². The van der Waals surface area contributed by atoms with Gasteiger partial charge in [0.25, 0.3) is 0 Å². The third kappa shape index (κ3) is 5.23. The van der Waals surface area contributed by atoms with Gasteiger partial charge in [-0.15, -0.1) is 10.2 Å². The SMILES string of the molecule is OCc1cc(Cl)cc(CNCCCCOC2CN(c3cc(-n4cnnc4)cc4[nH]ncc34)C2)c1. The van der Waals surface area contributed by atoms with Crippen molar-refractivity contribution < 1.29 is 9.84 Å². The molecular formula is C24H28ClN7O2. The lowest BCUT2D eigenvalue weighted by Crippen LogP contribution is -2.52. The zero-order valence-corrected chi connectivity index (χ0v) is 19.6. The van der Waals surface area contributed by atoms with E-state index in [1.165, 1.54) is 0 Å². The highest BCUT2D eigenvalue weighted by Gasteiger charge is 2.29. The molecule has 1 saturated heterocycles. The molecule has 0 aliphatic carbocycles. The van der Waals surface area contributed by atoms with Crippen molar-refractivity contribution in [3.8, 4) is 5.69 Å². The summed E-state index contributed by atoms with van der Waals surface area (Å²) in [5.74, 6) is 0. The number of nitrogens with one attached hydrogen (secondary N) is 2. The lowest BCUT2D eigenvalue weighted by molar-refractivity contribution is 0.0324. The zero-order chi connectivity index (χ0) is 23.3. The maximum absolute atomic E-state index is 9.29. The standard InChI is InChI=1S/C24H28ClN7O2/c25-19-6-17(5-18(7-19)14-33)10-26-3-1-2-4-34-21-12-31(13-21)24-9-20(32-15-28-29-16-32)8-23-22(24)11-27-30-23/h5-9,11,15-16,21,26,33H,1-4,10,12-14H2,(H,27,30). The molecule has 2 aromatic carbocycles. The molecule has 9 nitrogen and oxygen atoms in total. The average molecular weight is 482 g/mol. The molecule has 34 heavy (non-hydrogen) atoms. The first kappa shape index (κ1) is 22.8. The summed E-state index contributed by atoms with van der Waals surface area (Å²) in [7, 11) is 0. The Morgan fingerprint density at radius 1 is 1.09 bits per heavy atom. The van der Waals surface area contributed by atoms with E-state index in [9.17, 15) is 5.11 Å². The number of aliphatic hydroxyl groups is 1. The van der Waals surface area contributed by atoms with Gasteiger partial charge in [-0.05, 0) is 54.8 Å². The number of hydrogen-bond donors (Lipinski definition) is 3. The molecule has 3 heterocycles. The molecule has 178 valence electrons. The van der Waals surface area contributed by atoms with Crippen LogP contribution in [0.3, 0.4) is 0 Å². The highest BCUT2D eigenvalue weighted by atomic mass is 35.5. The number of aliphatic hydroxyl groups excluding tert-OH is 1. The van der Waals surface area contributed by atoms with Crippen molar-refractivity contribution in [3.05, 3.63) is 65.3 Å². The molecule has 4 aromatic rings. The van der Waals surface area contributed by atoms with Gasteiger partial charge in [0.15, 0.2) is 0 Å². The highest BCUT2D eigenvalue weighted by Crippen LogP contribution is 2.32. The first-order valence-corrected chi connectivity index (χ1v) is 11.9. The van der Waals surface area contributed by atoms with Crippen LogP contribution < -0.4 is 10.2 Å². The number of aromatic amines is 1.